The maximum atomic E-state index is 5.63. The van der Waals surface area contributed by atoms with Crippen molar-refractivity contribution in [3.63, 3.8) is 0 Å². The van der Waals surface area contributed by atoms with Gasteiger partial charge in [-0.25, -0.2) is 0 Å². The molecule has 1 aliphatic heterocycles. The third-order valence-corrected chi connectivity index (χ3v) is 6.05. The number of fused-ring (bicyclic) bond motifs is 1. The second-order valence-corrected chi connectivity index (χ2v) is 7.78. The first-order valence-corrected chi connectivity index (χ1v) is 10.4. The lowest BCUT2D eigenvalue weighted by Crippen LogP contribution is -2.45. The minimum atomic E-state index is 0.655. The maximum Gasteiger partial charge on any atom is 0.203 e. The van der Waals surface area contributed by atoms with Gasteiger partial charge in [-0.3, -0.25) is 9.80 Å². The number of methoxy groups -OCH3 is 3. The van der Waals surface area contributed by atoms with E-state index in [-0.39, 0.29) is 0 Å². The van der Waals surface area contributed by atoms with E-state index in [4.69, 9.17) is 18.7 Å². The van der Waals surface area contributed by atoms with Crippen LogP contribution in [0, 0.1) is 0 Å². The van der Waals surface area contributed by atoms with Gasteiger partial charge in [-0.1, -0.05) is 11.2 Å². The SMILES string of the molecule is COc1ccc(CN2CCN(Cc3noc4c3CCCC4)CC2)c(OC)c1OC. The molecule has 1 aliphatic carbocycles. The number of rotatable bonds is 7. The fraction of sp³-hybridized carbons (Fsp3) is 0.591. The molecule has 4 rings (SSSR count). The molecule has 1 aromatic carbocycles. The van der Waals surface area contributed by atoms with Gasteiger partial charge >= 0.3 is 0 Å². The zero-order valence-corrected chi connectivity index (χ0v) is 17.7. The molecule has 1 fully saturated rings. The van der Waals surface area contributed by atoms with Gasteiger partial charge in [-0.15, -0.1) is 0 Å². The molecule has 1 saturated heterocycles. The average molecular weight is 402 g/mol. The first kappa shape index (κ1) is 20.0. The summed E-state index contributed by atoms with van der Waals surface area (Å²) in [7, 11) is 4.96. The van der Waals surface area contributed by atoms with Crippen LogP contribution in [-0.2, 0) is 25.9 Å². The molecule has 7 heteroatoms. The number of piperazine rings is 1. The predicted octanol–water partition coefficient (Wildman–Crippen LogP) is 2.90. The fourth-order valence-corrected chi connectivity index (χ4v) is 4.42. The Kier molecular flexibility index (Phi) is 6.25. The summed E-state index contributed by atoms with van der Waals surface area (Å²) in [6.07, 6.45) is 4.64. The summed E-state index contributed by atoms with van der Waals surface area (Å²) in [5.41, 5.74) is 3.63. The van der Waals surface area contributed by atoms with Crippen LogP contribution >= 0.6 is 0 Å². The molecular weight excluding hydrogens is 370 g/mol. The Balaban J connectivity index is 1.36. The molecule has 1 aromatic heterocycles. The molecule has 0 spiro atoms. The molecule has 0 bridgehead atoms. The van der Waals surface area contributed by atoms with E-state index in [9.17, 15) is 0 Å². The third-order valence-electron chi connectivity index (χ3n) is 6.05. The quantitative estimate of drug-likeness (QED) is 0.707. The molecule has 0 amide bonds. The largest absolute Gasteiger partial charge is 0.493 e. The summed E-state index contributed by atoms with van der Waals surface area (Å²) in [5, 5.41) is 4.36. The molecule has 7 nitrogen and oxygen atoms in total. The van der Waals surface area contributed by atoms with Crippen molar-refractivity contribution in [2.45, 2.75) is 38.8 Å². The van der Waals surface area contributed by atoms with Gasteiger partial charge in [0.05, 0.1) is 21.3 Å². The van der Waals surface area contributed by atoms with Crippen molar-refractivity contribution in [2.75, 3.05) is 47.5 Å². The van der Waals surface area contributed by atoms with Gasteiger partial charge in [-0.2, -0.15) is 0 Å². The summed E-state index contributed by atoms with van der Waals surface area (Å²) < 4.78 is 22.1. The zero-order chi connectivity index (χ0) is 20.2. The van der Waals surface area contributed by atoms with E-state index >= 15 is 0 Å². The number of nitrogens with zero attached hydrogens (tertiary/aromatic N) is 3. The predicted molar refractivity (Wildman–Crippen MR) is 110 cm³/mol. The van der Waals surface area contributed by atoms with Crippen molar-refractivity contribution in [3.8, 4) is 17.2 Å². The number of ether oxygens (including phenoxy) is 3. The Bertz CT molecular complexity index is 828. The molecule has 0 unspecified atom stereocenters. The normalized spacial score (nSPS) is 17.8. The monoisotopic (exact) mass is 401 g/mol. The van der Waals surface area contributed by atoms with Crippen LogP contribution in [0.25, 0.3) is 0 Å². The molecule has 29 heavy (non-hydrogen) atoms. The maximum absolute atomic E-state index is 5.63. The number of aryl methyl sites for hydroxylation is 1. The lowest BCUT2D eigenvalue weighted by molar-refractivity contribution is 0.119. The second-order valence-electron chi connectivity index (χ2n) is 7.78. The van der Waals surface area contributed by atoms with E-state index in [0.717, 1.165) is 74.9 Å². The van der Waals surface area contributed by atoms with Crippen molar-refractivity contribution in [1.82, 2.24) is 15.0 Å². The minimum Gasteiger partial charge on any atom is -0.493 e. The summed E-state index contributed by atoms with van der Waals surface area (Å²) in [5.74, 6) is 3.21. The smallest absolute Gasteiger partial charge is 0.203 e. The van der Waals surface area contributed by atoms with E-state index in [2.05, 4.69) is 21.0 Å². The van der Waals surface area contributed by atoms with Gasteiger partial charge in [0.15, 0.2) is 11.5 Å². The Morgan fingerprint density at radius 3 is 2.24 bits per heavy atom. The van der Waals surface area contributed by atoms with E-state index in [1.54, 1.807) is 21.3 Å². The Labute approximate surface area is 172 Å². The lowest BCUT2D eigenvalue weighted by atomic mass is 9.96. The highest BCUT2D eigenvalue weighted by molar-refractivity contribution is 5.55. The van der Waals surface area contributed by atoms with Gasteiger partial charge in [0.2, 0.25) is 5.75 Å². The minimum absolute atomic E-state index is 0.655. The summed E-state index contributed by atoms with van der Waals surface area (Å²) >= 11 is 0. The van der Waals surface area contributed by atoms with Crippen molar-refractivity contribution in [2.24, 2.45) is 0 Å². The summed E-state index contributed by atoms with van der Waals surface area (Å²) in [6, 6.07) is 4.01. The average Bonchev–Trinajstić information content (AvgIpc) is 3.17. The first-order valence-electron chi connectivity index (χ1n) is 10.4. The highest BCUT2D eigenvalue weighted by Gasteiger charge is 2.24. The van der Waals surface area contributed by atoms with Crippen LogP contribution in [-0.4, -0.2) is 62.5 Å². The molecular formula is C22H31N3O4. The van der Waals surface area contributed by atoms with Crippen molar-refractivity contribution < 1.29 is 18.7 Å². The van der Waals surface area contributed by atoms with Crippen LogP contribution in [0.3, 0.4) is 0 Å². The van der Waals surface area contributed by atoms with Crippen LogP contribution in [0.15, 0.2) is 16.7 Å². The van der Waals surface area contributed by atoms with Crippen LogP contribution in [0.5, 0.6) is 17.2 Å². The molecule has 158 valence electrons. The highest BCUT2D eigenvalue weighted by atomic mass is 16.5. The highest BCUT2D eigenvalue weighted by Crippen LogP contribution is 2.40. The van der Waals surface area contributed by atoms with E-state index in [0.29, 0.717) is 11.5 Å². The molecule has 2 heterocycles. The Morgan fingerprint density at radius 2 is 1.55 bits per heavy atom. The molecule has 0 atom stereocenters. The topological polar surface area (TPSA) is 60.2 Å². The number of hydrogen-bond acceptors (Lipinski definition) is 7. The summed E-state index contributed by atoms with van der Waals surface area (Å²) in [4.78, 5) is 4.94. The van der Waals surface area contributed by atoms with E-state index in [1.807, 2.05) is 6.07 Å². The van der Waals surface area contributed by atoms with Gasteiger partial charge < -0.3 is 18.7 Å². The van der Waals surface area contributed by atoms with Crippen molar-refractivity contribution in [1.29, 1.82) is 0 Å². The van der Waals surface area contributed by atoms with Gasteiger partial charge in [-0.05, 0) is 25.3 Å². The van der Waals surface area contributed by atoms with Gasteiger partial charge in [0.25, 0.3) is 0 Å². The lowest BCUT2D eigenvalue weighted by Gasteiger charge is -2.34. The van der Waals surface area contributed by atoms with Crippen LogP contribution in [0.2, 0.25) is 0 Å². The van der Waals surface area contributed by atoms with Crippen LogP contribution in [0.1, 0.15) is 35.4 Å². The first-order chi connectivity index (χ1) is 14.2. The number of hydrogen-bond donors (Lipinski definition) is 0. The fourth-order valence-electron chi connectivity index (χ4n) is 4.42. The number of aromatic nitrogens is 1. The van der Waals surface area contributed by atoms with Crippen molar-refractivity contribution in [3.05, 3.63) is 34.7 Å². The van der Waals surface area contributed by atoms with Gasteiger partial charge in [0.1, 0.15) is 11.5 Å². The zero-order valence-electron chi connectivity index (χ0n) is 17.7. The van der Waals surface area contributed by atoms with Crippen LogP contribution in [0.4, 0.5) is 0 Å². The third kappa shape index (κ3) is 4.21. The van der Waals surface area contributed by atoms with Crippen LogP contribution < -0.4 is 14.2 Å². The molecule has 2 aromatic rings. The van der Waals surface area contributed by atoms with E-state index in [1.165, 1.54) is 18.4 Å². The van der Waals surface area contributed by atoms with E-state index < -0.39 is 0 Å². The molecule has 0 N–H and O–H groups in total. The standard InChI is InChI=1S/C22H31N3O4/c1-26-20-9-8-16(21(27-2)22(20)28-3)14-24-10-12-25(13-11-24)15-18-17-6-4-5-7-19(17)29-23-18/h8-9H,4-7,10-15H2,1-3H3. The Morgan fingerprint density at radius 1 is 0.862 bits per heavy atom. The molecule has 2 aliphatic rings. The second kappa shape index (κ2) is 9.05. The Hall–Kier alpha value is -2.25. The summed E-state index contributed by atoms with van der Waals surface area (Å²) in [6.45, 7) is 5.80. The van der Waals surface area contributed by atoms with Gasteiger partial charge in [0, 0.05) is 56.8 Å². The van der Waals surface area contributed by atoms with Crippen molar-refractivity contribution >= 4 is 0 Å². The number of benzene rings is 1. The molecule has 0 radical (unpaired) electrons. The molecule has 0 saturated carbocycles.